The van der Waals surface area contributed by atoms with Gasteiger partial charge in [-0.15, -0.1) is 0 Å². The molecule has 0 fully saturated rings. The molecule has 3 aliphatic rings. The first-order chi connectivity index (χ1) is 22.5. The summed E-state index contributed by atoms with van der Waals surface area (Å²) in [6, 6.07) is 33.4. The molecule has 9 rings (SSSR count). The molecule has 0 N–H and O–H groups in total. The van der Waals surface area contributed by atoms with Crippen LogP contribution in [0.3, 0.4) is 0 Å². The van der Waals surface area contributed by atoms with Crippen molar-refractivity contribution in [3.8, 4) is 34.2 Å². The van der Waals surface area contributed by atoms with Gasteiger partial charge in [-0.2, -0.15) is 0 Å². The van der Waals surface area contributed by atoms with Crippen LogP contribution in [0.15, 0.2) is 97.1 Å². The third-order valence-electron chi connectivity index (χ3n) is 8.37. The van der Waals surface area contributed by atoms with Gasteiger partial charge in [-0.3, -0.25) is 9.80 Å². The Bertz CT molecular complexity index is 1830. The van der Waals surface area contributed by atoms with Gasteiger partial charge in [0.15, 0.2) is 0 Å². The second-order valence-electron chi connectivity index (χ2n) is 12.4. The van der Waals surface area contributed by atoms with Crippen LogP contribution < -0.4 is 0 Å². The molecule has 8 nitrogen and oxygen atoms in total. The van der Waals surface area contributed by atoms with Crippen molar-refractivity contribution in [2.24, 2.45) is 0 Å². The lowest BCUT2D eigenvalue weighted by atomic mass is 10.1. The summed E-state index contributed by atoms with van der Waals surface area (Å²) in [7, 11) is 0. The molecule has 0 aromatic carbocycles. The highest BCUT2D eigenvalue weighted by Crippen LogP contribution is 2.25. The zero-order valence-electron chi connectivity index (χ0n) is 26.1. The molecule has 6 aromatic rings. The second kappa shape index (κ2) is 12.0. The summed E-state index contributed by atoms with van der Waals surface area (Å²) in [5.41, 5.74) is 13.4. The number of pyridine rings is 6. The number of hydrogen-bond acceptors (Lipinski definition) is 8. The third kappa shape index (κ3) is 6.18. The Labute approximate surface area is 268 Å². The smallest absolute Gasteiger partial charge is 0.0892 e. The fraction of sp³-hybridized carbons (Fsp3) is 0.211. The number of nitrogens with zero attached hydrogens (tertiary/aromatic N) is 8. The van der Waals surface area contributed by atoms with E-state index in [9.17, 15) is 0 Å². The normalized spacial score (nSPS) is 17.3. The minimum Gasteiger partial charge on any atom is -0.286 e. The van der Waals surface area contributed by atoms with Crippen LogP contribution in [0.25, 0.3) is 34.2 Å². The van der Waals surface area contributed by atoms with Crippen LogP contribution in [0, 0.1) is 13.8 Å². The number of hydrogen-bond donors (Lipinski definition) is 0. The Hall–Kier alpha value is -5.18. The molecule has 6 aromatic heterocycles. The number of aromatic nitrogens is 6. The second-order valence-corrected chi connectivity index (χ2v) is 12.4. The van der Waals surface area contributed by atoms with Crippen LogP contribution in [0.1, 0.15) is 45.3 Å². The topological polar surface area (TPSA) is 83.8 Å². The molecule has 8 heteroatoms. The van der Waals surface area contributed by atoms with Crippen molar-refractivity contribution >= 4 is 0 Å². The Morgan fingerprint density at radius 2 is 0.630 bits per heavy atom. The monoisotopic (exact) mass is 602 g/mol. The van der Waals surface area contributed by atoms with Crippen molar-refractivity contribution in [3.05, 3.63) is 142 Å². The van der Waals surface area contributed by atoms with E-state index in [4.69, 9.17) is 29.9 Å². The van der Waals surface area contributed by atoms with Crippen LogP contribution in [-0.4, -0.2) is 39.7 Å². The van der Waals surface area contributed by atoms with E-state index in [-0.39, 0.29) is 0 Å². The molecular weight excluding hydrogens is 568 g/mol. The summed E-state index contributed by atoms with van der Waals surface area (Å²) in [6.07, 6.45) is 0. The van der Waals surface area contributed by atoms with Crippen LogP contribution in [0.2, 0.25) is 0 Å². The van der Waals surface area contributed by atoms with Crippen LogP contribution in [0.4, 0.5) is 0 Å². The quantitative estimate of drug-likeness (QED) is 0.190. The van der Waals surface area contributed by atoms with E-state index in [2.05, 4.69) is 96.4 Å². The van der Waals surface area contributed by atoms with Crippen molar-refractivity contribution in [2.75, 3.05) is 0 Å². The predicted molar refractivity (Wildman–Crippen MR) is 178 cm³/mol. The minimum atomic E-state index is 0.624. The van der Waals surface area contributed by atoms with E-state index in [1.54, 1.807) is 0 Å². The number of aryl methyl sites for hydroxylation is 2. The van der Waals surface area contributed by atoms with Gasteiger partial charge in [-0.1, -0.05) is 24.3 Å². The van der Waals surface area contributed by atoms with Gasteiger partial charge >= 0.3 is 0 Å². The average molecular weight is 603 g/mol. The van der Waals surface area contributed by atoms with Gasteiger partial charge in [0.2, 0.25) is 0 Å². The highest BCUT2D eigenvalue weighted by molar-refractivity contribution is 5.58. The highest BCUT2D eigenvalue weighted by Gasteiger charge is 2.18. The Morgan fingerprint density at radius 3 is 0.957 bits per heavy atom. The van der Waals surface area contributed by atoms with E-state index in [0.717, 1.165) is 79.5 Å². The maximum absolute atomic E-state index is 5.18. The molecule has 0 spiro atoms. The number of rotatable bonds is 0. The van der Waals surface area contributed by atoms with Gasteiger partial charge in [-0.25, -0.2) is 29.9 Å². The Balaban J connectivity index is 1.36. The predicted octanol–water partition coefficient (Wildman–Crippen LogP) is 6.71. The van der Waals surface area contributed by atoms with Gasteiger partial charge in [0.1, 0.15) is 0 Å². The van der Waals surface area contributed by atoms with Gasteiger partial charge < -0.3 is 0 Å². The summed E-state index contributed by atoms with van der Waals surface area (Å²) in [5, 5.41) is 0. The van der Waals surface area contributed by atoms with Crippen LogP contribution in [0.5, 0.6) is 0 Å². The molecule has 9 heterocycles. The Morgan fingerprint density at radius 1 is 0.348 bits per heavy atom. The largest absolute Gasteiger partial charge is 0.286 e. The lowest BCUT2D eigenvalue weighted by Crippen LogP contribution is -2.25. The molecule has 0 saturated carbocycles. The standard InChI is InChI=1S/C38H34N8/c1-25-15-31-23-45-19-27-7-3-11-33(39-27)35-13-5-9-29(41-35)21-46(24-32-16-26(2)18-38(44-32)37(17-25)43-31)22-30-10-6-14-36(42-30)34-12-4-8-28(20-45)40-34/h3-18H,19-24H2,1-2H3. The van der Waals surface area contributed by atoms with Crippen LogP contribution >= 0.6 is 0 Å². The zero-order chi connectivity index (χ0) is 31.0. The van der Waals surface area contributed by atoms with Crippen molar-refractivity contribution in [3.63, 3.8) is 0 Å². The van der Waals surface area contributed by atoms with Gasteiger partial charge in [0.25, 0.3) is 0 Å². The maximum atomic E-state index is 5.18. The molecular formula is C38H34N8. The van der Waals surface area contributed by atoms with Crippen LogP contribution in [-0.2, 0) is 39.3 Å². The first-order valence-electron chi connectivity index (χ1n) is 15.7. The van der Waals surface area contributed by atoms with Crippen molar-refractivity contribution in [1.82, 2.24) is 39.7 Å². The first-order valence-corrected chi connectivity index (χ1v) is 15.7. The molecule has 3 aliphatic heterocycles. The average Bonchev–Trinajstić information content (AvgIpc) is 3.04. The first kappa shape index (κ1) is 28.3. The summed E-state index contributed by atoms with van der Waals surface area (Å²) < 4.78 is 0. The fourth-order valence-electron chi connectivity index (χ4n) is 6.45. The van der Waals surface area contributed by atoms with Gasteiger partial charge in [0, 0.05) is 39.3 Å². The lowest BCUT2D eigenvalue weighted by Gasteiger charge is -2.24. The maximum Gasteiger partial charge on any atom is 0.0892 e. The fourth-order valence-corrected chi connectivity index (χ4v) is 6.45. The van der Waals surface area contributed by atoms with E-state index in [0.29, 0.717) is 39.3 Å². The molecule has 0 radical (unpaired) electrons. The van der Waals surface area contributed by atoms with E-state index in [1.807, 2.05) is 24.3 Å². The molecule has 14 bridgehead atoms. The van der Waals surface area contributed by atoms with Crippen molar-refractivity contribution in [2.45, 2.75) is 53.1 Å². The molecule has 0 saturated heterocycles. The molecule has 0 aliphatic carbocycles. The lowest BCUT2D eigenvalue weighted by molar-refractivity contribution is 0.238. The summed E-state index contributed by atoms with van der Waals surface area (Å²) in [5.74, 6) is 0. The van der Waals surface area contributed by atoms with E-state index >= 15 is 0 Å². The molecule has 226 valence electrons. The van der Waals surface area contributed by atoms with E-state index < -0.39 is 0 Å². The minimum absolute atomic E-state index is 0.624. The Kier molecular flexibility index (Phi) is 7.36. The molecule has 0 unspecified atom stereocenters. The molecule has 0 atom stereocenters. The summed E-state index contributed by atoms with van der Waals surface area (Å²) >= 11 is 0. The van der Waals surface area contributed by atoms with Gasteiger partial charge in [0.05, 0.1) is 68.3 Å². The zero-order valence-corrected chi connectivity index (χ0v) is 26.1. The summed E-state index contributed by atoms with van der Waals surface area (Å²) in [4.78, 5) is 35.5. The third-order valence-corrected chi connectivity index (χ3v) is 8.37. The molecule has 0 amide bonds. The van der Waals surface area contributed by atoms with Crippen molar-refractivity contribution in [1.29, 1.82) is 0 Å². The van der Waals surface area contributed by atoms with Crippen molar-refractivity contribution < 1.29 is 0 Å². The molecule has 46 heavy (non-hydrogen) atoms. The van der Waals surface area contributed by atoms with Gasteiger partial charge in [-0.05, 0) is 97.8 Å². The van der Waals surface area contributed by atoms with E-state index in [1.165, 1.54) is 0 Å². The summed E-state index contributed by atoms with van der Waals surface area (Å²) in [6.45, 7) is 8.01. The highest BCUT2D eigenvalue weighted by atomic mass is 15.2. The SMILES string of the molecule is Cc1cc2nc(c1)-c1cc(C)cc(n1)CN1Cc3cccc(n3)-c3cccc(n3)CN(Cc3cccc(n3)-c3cccc(n3)C1)C2.